The number of fused-ring (bicyclic) bond motifs is 2. The second-order valence-electron chi connectivity index (χ2n) is 11.5. The molecule has 0 unspecified atom stereocenters. The van der Waals surface area contributed by atoms with E-state index in [0.29, 0.717) is 21.9 Å². The largest absolute Gasteiger partial charge is 0.456 e. The molecule has 8 aromatic rings. The summed E-state index contributed by atoms with van der Waals surface area (Å²) in [5.41, 5.74) is 6.71. The lowest BCUT2D eigenvalue weighted by molar-refractivity contribution is -0.597. The normalized spacial score (nSPS) is 11.1. The van der Waals surface area contributed by atoms with Gasteiger partial charge in [-0.1, -0.05) is 152 Å². The fraction of sp³-hybridized carbons (Fsp3) is 0. The van der Waals surface area contributed by atoms with Crippen molar-refractivity contribution in [2.45, 2.75) is 0 Å². The van der Waals surface area contributed by atoms with Gasteiger partial charge in [0.05, 0.1) is 10.8 Å². The van der Waals surface area contributed by atoms with Crippen LogP contribution < -0.4 is 48.5 Å². The fourth-order valence-electron chi connectivity index (χ4n) is 6.56. The van der Waals surface area contributed by atoms with E-state index in [-0.39, 0.29) is 26.6 Å². The van der Waals surface area contributed by atoms with Crippen LogP contribution in [0.5, 0.6) is 0 Å². The number of hydrogen-bond acceptors (Lipinski definition) is 2. The molecule has 0 radical (unpaired) electrons. The molecule has 0 bridgehead atoms. The van der Waals surface area contributed by atoms with Crippen molar-refractivity contribution >= 4 is 49.9 Å². The monoisotopic (exact) mass is 718 g/mol. The summed E-state index contributed by atoms with van der Waals surface area (Å²) >= 11 is -0.284. The first-order valence-electron chi connectivity index (χ1n) is 15.8. The van der Waals surface area contributed by atoms with Gasteiger partial charge in [-0.2, -0.15) is 21.9 Å². The Balaban J connectivity index is 0.000000151. The molecule has 2 nitrogen and oxygen atoms in total. The lowest BCUT2D eigenvalue weighted by Crippen LogP contribution is -3.61. The minimum absolute atomic E-state index is 0.0516. The van der Waals surface area contributed by atoms with Gasteiger partial charge < -0.3 is 4.42 Å². The zero-order valence-corrected chi connectivity index (χ0v) is 27.9. The van der Waals surface area contributed by atoms with Gasteiger partial charge in [-0.3, -0.25) is 4.79 Å². The molecule has 0 amide bonds. The molecule has 0 fully saturated rings. The van der Waals surface area contributed by atoms with Crippen molar-refractivity contribution in [2.24, 2.45) is 0 Å². The fourth-order valence-corrected chi connectivity index (χ4v) is 8.88. The summed E-state index contributed by atoms with van der Waals surface area (Å²) in [4.78, 5) is 12.6. The van der Waals surface area contributed by atoms with E-state index in [1.807, 2.05) is 42.5 Å². The van der Waals surface area contributed by atoms with Crippen molar-refractivity contribution in [3.05, 3.63) is 211 Å². The van der Waals surface area contributed by atoms with E-state index in [4.69, 9.17) is 4.42 Å². The average molecular weight is 718 g/mol. The minimum Gasteiger partial charge on any atom is -0.456 e. The lowest BCUT2D eigenvalue weighted by Gasteiger charge is -2.44. The van der Waals surface area contributed by atoms with Crippen LogP contribution in [0.25, 0.3) is 21.9 Å². The second-order valence-corrected chi connectivity index (χ2v) is 14.5. The molecule has 0 atom stereocenters. The highest BCUT2D eigenvalue weighted by atomic mass is 127. The molecule has 0 saturated carbocycles. The third-order valence-corrected chi connectivity index (χ3v) is 11.3. The van der Waals surface area contributed by atoms with Crippen LogP contribution in [0.1, 0.15) is 0 Å². The van der Waals surface area contributed by atoms with Gasteiger partial charge in [-0.25, -0.2) is 0 Å². The Bertz CT molecular complexity index is 2110. The standard InChI is InChI=1S/C24H20B.C19H12IO2/c1-5-13-21(14-6-1)25(22-15-7-2-8-16-22,23-17-9-3-10-18-23)24-19-11-4-12-20-24;21-19-15-8-4-5-9-17(15)22-18-11-10-14(12-16(18)19)20-13-6-2-1-3-7-13/h1-20H;1-12H/q-1;+1. The Labute approximate surface area is 285 Å². The lowest BCUT2D eigenvalue weighted by atomic mass is 9.13. The van der Waals surface area contributed by atoms with Crippen LogP contribution in [0, 0.1) is 7.14 Å². The summed E-state index contributed by atoms with van der Waals surface area (Å²) in [5.74, 6) is 0. The average Bonchev–Trinajstić information content (AvgIpc) is 3.15. The first-order chi connectivity index (χ1) is 23.2. The van der Waals surface area contributed by atoms with Crippen LogP contribution in [-0.2, 0) is 0 Å². The maximum atomic E-state index is 12.6. The molecule has 0 aliphatic rings. The smallest absolute Gasteiger partial charge is 0.357 e. The molecular weight excluding hydrogens is 686 g/mol. The van der Waals surface area contributed by atoms with Crippen LogP contribution in [-0.4, -0.2) is 6.15 Å². The zero-order valence-electron chi connectivity index (χ0n) is 25.7. The molecule has 8 rings (SSSR count). The maximum Gasteiger partial charge on any atom is 0.357 e. The highest BCUT2D eigenvalue weighted by Crippen LogP contribution is 2.17. The van der Waals surface area contributed by atoms with Gasteiger partial charge in [0.15, 0.2) is 7.14 Å². The summed E-state index contributed by atoms with van der Waals surface area (Å²) < 4.78 is 8.41. The molecule has 1 heterocycles. The molecule has 0 spiro atoms. The minimum atomic E-state index is -1.22. The molecule has 7 aromatic carbocycles. The Hall–Kier alpha value is -5.20. The van der Waals surface area contributed by atoms with Crippen molar-refractivity contribution in [3.63, 3.8) is 0 Å². The first-order valence-corrected chi connectivity index (χ1v) is 17.9. The molecule has 0 aliphatic heterocycles. The number of hydrogen-bond donors (Lipinski definition) is 0. The van der Waals surface area contributed by atoms with Crippen molar-refractivity contribution in [2.75, 3.05) is 0 Å². The third-order valence-electron chi connectivity index (χ3n) is 8.69. The van der Waals surface area contributed by atoms with Gasteiger partial charge in [-0.15, -0.1) is 0 Å². The predicted molar refractivity (Wildman–Crippen MR) is 194 cm³/mol. The summed E-state index contributed by atoms with van der Waals surface area (Å²) in [6.45, 7) is 0. The number of rotatable bonds is 6. The Kier molecular flexibility index (Phi) is 9.11. The number of para-hydroxylation sites is 1. The molecule has 47 heavy (non-hydrogen) atoms. The van der Waals surface area contributed by atoms with E-state index in [1.165, 1.54) is 29.0 Å². The van der Waals surface area contributed by atoms with Crippen LogP contribution in [0.2, 0.25) is 0 Å². The first kappa shape index (κ1) is 30.5. The molecule has 4 heteroatoms. The van der Waals surface area contributed by atoms with Crippen LogP contribution in [0.4, 0.5) is 0 Å². The van der Waals surface area contributed by atoms with Crippen molar-refractivity contribution < 1.29 is 25.6 Å². The Morgan fingerprint density at radius 3 is 1.28 bits per heavy atom. The van der Waals surface area contributed by atoms with E-state index < -0.39 is 6.15 Å². The van der Waals surface area contributed by atoms with E-state index >= 15 is 0 Å². The summed E-state index contributed by atoms with van der Waals surface area (Å²) in [6.07, 6.45) is -1.22. The van der Waals surface area contributed by atoms with E-state index in [9.17, 15) is 4.79 Å². The van der Waals surface area contributed by atoms with Gasteiger partial charge in [0.2, 0.25) is 5.43 Å². The quantitative estimate of drug-likeness (QED) is 0.147. The third kappa shape index (κ3) is 6.29. The predicted octanol–water partition coefficient (Wildman–Crippen LogP) is 4.14. The second kappa shape index (κ2) is 14.1. The zero-order chi connectivity index (χ0) is 31.9. The van der Waals surface area contributed by atoms with Crippen molar-refractivity contribution in [3.8, 4) is 0 Å². The molecule has 226 valence electrons. The van der Waals surface area contributed by atoms with E-state index in [0.717, 1.165) is 0 Å². The molecule has 0 saturated heterocycles. The van der Waals surface area contributed by atoms with E-state index in [2.05, 4.69) is 152 Å². The van der Waals surface area contributed by atoms with Crippen LogP contribution >= 0.6 is 0 Å². The van der Waals surface area contributed by atoms with Crippen LogP contribution in [0.3, 0.4) is 0 Å². The van der Waals surface area contributed by atoms with Crippen LogP contribution in [0.15, 0.2) is 203 Å². The van der Waals surface area contributed by atoms with Gasteiger partial charge in [0, 0.05) is 6.07 Å². The molecular formula is C43H32BIO2. The Morgan fingerprint density at radius 1 is 0.383 bits per heavy atom. The molecule has 0 N–H and O–H groups in total. The maximum absolute atomic E-state index is 12.6. The molecule has 0 aliphatic carbocycles. The highest BCUT2D eigenvalue weighted by molar-refractivity contribution is 7.19. The van der Waals surface area contributed by atoms with Gasteiger partial charge >= 0.3 is 21.2 Å². The summed E-state index contributed by atoms with van der Waals surface area (Å²) in [5, 5.41) is 1.32. The van der Waals surface area contributed by atoms with Gasteiger partial charge in [0.25, 0.3) is 0 Å². The summed E-state index contributed by atoms with van der Waals surface area (Å²) in [7, 11) is 0. The number of halogens is 1. The van der Waals surface area contributed by atoms with E-state index in [1.54, 1.807) is 0 Å². The van der Waals surface area contributed by atoms with Gasteiger partial charge in [0.1, 0.15) is 17.3 Å². The topological polar surface area (TPSA) is 30.2 Å². The number of benzene rings is 7. The Morgan fingerprint density at radius 2 is 0.787 bits per heavy atom. The SMILES string of the molecule is O=c1c2ccccc2oc2ccc([I+]c3ccccc3)cc12.c1ccc([B-](c2ccccc2)(c2ccccc2)c2ccccc2)cc1. The highest BCUT2D eigenvalue weighted by Gasteiger charge is 2.31. The van der Waals surface area contributed by atoms with Crippen molar-refractivity contribution in [1.82, 2.24) is 0 Å². The van der Waals surface area contributed by atoms with Gasteiger partial charge in [-0.05, 0) is 36.4 Å². The molecule has 1 aromatic heterocycles. The van der Waals surface area contributed by atoms with Crippen molar-refractivity contribution in [1.29, 1.82) is 0 Å². The summed E-state index contributed by atoms with van der Waals surface area (Å²) in [6, 6.07) is 67.3.